The third kappa shape index (κ3) is 2.30. The maximum Gasteiger partial charge on any atom is 0.168 e. The fourth-order valence-electron chi connectivity index (χ4n) is 3.97. The number of rotatable bonds is 2. The topological polar surface area (TPSA) is 47.0 Å². The molecule has 2 fully saturated rings. The number of carbonyl (C=O) groups excluding carboxylic acids is 1. The number of para-hydroxylation sites is 1. The molecule has 2 saturated heterocycles. The van der Waals surface area contributed by atoms with Crippen molar-refractivity contribution in [3.8, 4) is 0 Å². The van der Waals surface area contributed by atoms with E-state index in [0.717, 1.165) is 48.6 Å². The lowest BCUT2D eigenvalue weighted by atomic mass is 9.84. The van der Waals surface area contributed by atoms with E-state index in [9.17, 15) is 9.00 Å². The Morgan fingerprint density at radius 1 is 1.09 bits per heavy atom. The van der Waals surface area contributed by atoms with Crippen LogP contribution < -0.4 is 0 Å². The number of carbonyl (C=O) groups is 1. The van der Waals surface area contributed by atoms with Gasteiger partial charge in [0, 0.05) is 44.4 Å². The van der Waals surface area contributed by atoms with Crippen LogP contribution in [0.5, 0.6) is 0 Å². The van der Waals surface area contributed by atoms with E-state index in [-0.39, 0.29) is 22.2 Å². The van der Waals surface area contributed by atoms with Gasteiger partial charge in [0.25, 0.3) is 0 Å². The average Bonchev–Trinajstić information content (AvgIpc) is 2.53. The van der Waals surface area contributed by atoms with Gasteiger partial charge in [-0.15, -0.1) is 0 Å². The molecule has 1 aromatic heterocycles. The number of nitrogens with zero attached hydrogens (tertiary/aromatic N) is 1. The van der Waals surface area contributed by atoms with Gasteiger partial charge in [0.05, 0.1) is 5.52 Å². The minimum Gasteiger partial charge on any atom is -0.294 e. The molecule has 2 aromatic rings. The molecule has 3 nitrogen and oxygen atoms in total. The van der Waals surface area contributed by atoms with Crippen LogP contribution in [0, 0.1) is 5.92 Å². The van der Waals surface area contributed by atoms with E-state index in [4.69, 9.17) is 0 Å². The van der Waals surface area contributed by atoms with Crippen LogP contribution in [0.1, 0.15) is 42.5 Å². The highest BCUT2D eigenvalue weighted by atomic mass is 32.2. The third-order valence-electron chi connectivity index (χ3n) is 5.07. The summed E-state index contributed by atoms with van der Waals surface area (Å²) in [4.78, 5) is 17.4. The lowest BCUT2D eigenvalue weighted by molar-refractivity contribution is 0.0897. The zero-order valence-corrected chi connectivity index (χ0v) is 13.2. The van der Waals surface area contributed by atoms with E-state index in [1.807, 2.05) is 30.3 Å². The van der Waals surface area contributed by atoms with Crippen molar-refractivity contribution < 1.29 is 9.00 Å². The lowest BCUT2D eigenvalue weighted by Crippen LogP contribution is -2.41. The first-order chi connectivity index (χ1) is 10.7. The second kappa shape index (κ2) is 5.58. The molecule has 0 aliphatic carbocycles. The molecule has 2 unspecified atom stereocenters. The number of ketones is 1. The smallest absolute Gasteiger partial charge is 0.168 e. The Balaban J connectivity index is 1.68. The Hall–Kier alpha value is -1.55. The predicted molar refractivity (Wildman–Crippen MR) is 88.4 cm³/mol. The molecule has 0 N–H and O–H groups in total. The number of aromatic nitrogens is 1. The van der Waals surface area contributed by atoms with Gasteiger partial charge in [-0.1, -0.05) is 24.6 Å². The Labute approximate surface area is 132 Å². The second-order valence-electron chi connectivity index (χ2n) is 6.42. The molecule has 1 aromatic carbocycles. The summed E-state index contributed by atoms with van der Waals surface area (Å²) in [5, 5.41) is 1.46. The summed E-state index contributed by atoms with van der Waals surface area (Å²) in [6.07, 6.45) is 6.50. The number of benzene rings is 1. The van der Waals surface area contributed by atoms with E-state index >= 15 is 0 Å². The van der Waals surface area contributed by atoms with Gasteiger partial charge < -0.3 is 0 Å². The van der Waals surface area contributed by atoms with Crippen LogP contribution in [-0.4, -0.2) is 25.5 Å². The summed E-state index contributed by atoms with van der Waals surface area (Å²) < 4.78 is 12.3. The first kappa shape index (κ1) is 14.1. The summed E-state index contributed by atoms with van der Waals surface area (Å²) in [5.41, 5.74) is 1.53. The molecule has 2 aliphatic heterocycles. The van der Waals surface area contributed by atoms with Crippen molar-refractivity contribution in [3.63, 3.8) is 0 Å². The zero-order chi connectivity index (χ0) is 15.1. The zero-order valence-electron chi connectivity index (χ0n) is 12.4. The number of Topliss-reactive ketones (excluding diaryl/α,β-unsaturated/α-hetero) is 1. The maximum atomic E-state index is 13.0. The molecule has 3 heterocycles. The molecule has 0 amide bonds. The highest BCUT2D eigenvalue weighted by Crippen LogP contribution is 2.38. The molecule has 2 atom stereocenters. The van der Waals surface area contributed by atoms with E-state index in [1.165, 1.54) is 0 Å². The van der Waals surface area contributed by atoms with Crippen LogP contribution >= 0.6 is 0 Å². The number of hydrogen-bond donors (Lipinski definition) is 0. The molecular formula is C18H19NO2S. The van der Waals surface area contributed by atoms with Gasteiger partial charge in [0.15, 0.2) is 5.78 Å². The average molecular weight is 313 g/mol. The molecule has 0 saturated carbocycles. The van der Waals surface area contributed by atoms with Gasteiger partial charge in [0.1, 0.15) is 0 Å². The molecule has 4 rings (SSSR count). The van der Waals surface area contributed by atoms with Crippen molar-refractivity contribution in [3.05, 3.63) is 42.1 Å². The van der Waals surface area contributed by atoms with Gasteiger partial charge in [-0.2, -0.15) is 0 Å². The van der Waals surface area contributed by atoms with Crippen LogP contribution in [0.4, 0.5) is 0 Å². The minimum atomic E-state index is -0.725. The van der Waals surface area contributed by atoms with Gasteiger partial charge in [-0.3, -0.25) is 14.0 Å². The SMILES string of the molecule is O=C(c1cccc2cccnc12)C1CC2CCCC(C1)S2=O. The lowest BCUT2D eigenvalue weighted by Gasteiger charge is -2.37. The Kier molecular flexibility index (Phi) is 3.57. The van der Waals surface area contributed by atoms with E-state index in [0.29, 0.717) is 0 Å². The Morgan fingerprint density at radius 2 is 1.82 bits per heavy atom. The second-order valence-corrected chi connectivity index (χ2v) is 8.41. The van der Waals surface area contributed by atoms with Crippen molar-refractivity contribution in [2.45, 2.75) is 42.6 Å². The molecule has 0 radical (unpaired) electrons. The van der Waals surface area contributed by atoms with E-state index < -0.39 is 10.8 Å². The van der Waals surface area contributed by atoms with Gasteiger partial charge in [0.2, 0.25) is 0 Å². The number of pyridine rings is 1. The summed E-state index contributed by atoms with van der Waals surface area (Å²) >= 11 is 0. The molecule has 114 valence electrons. The number of fused-ring (bicyclic) bond motifs is 3. The third-order valence-corrected chi connectivity index (χ3v) is 7.24. The predicted octanol–water partition coefficient (Wildman–Crippen LogP) is 3.50. The molecule has 4 heteroatoms. The van der Waals surface area contributed by atoms with E-state index in [2.05, 4.69) is 4.98 Å². The van der Waals surface area contributed by atoms with Crippen molar-refractivity contribution in [1.82, 2.24) is 4.98 Å². The van der Waals surface area contributed by atoms with Crippen LogP contribution in [-0.2, 0) is 10.8 Å². The Morgan fingerprint density at radius 3 is 2.59 bits per heavy atom. The Bertz CT molecular complexity index is 736. The van der Waals surface area contributed by atoms with Gasteiger partial charge >= 0.3 is 0 Å². The quantitative estimate of drug-likeness (QED) is 0.797. The standard InChI is InChI=1S/C18H19NO2S/c20-18(13-10-14-6-2-7-15(11-13)22(14)21)16-8-1-4-12-5-3-9-19-17(12)16/h1,3-5,8-9,13-15H,2,6-7,10-11H2. The molecular weight excluding hydrogens is 294 g/mol. The van der Waals surface area contributed by atoms with Crippen molar-refractivity contribution in [1.29, 1.82) is 0 Å². The monoisotopic (exact) mass is 313 g/mol. The van der Waals surface area contributed by atoms with Crippen LogP contribution in [0.25, 0.3) is 10.9 Å². The molecule has 22 heavy (non-hydrogen) atoms. The highest BCUT2D eigenvalue weighted by molar-refractivity contribution is 7.86. The van der Waals surface area contributed by atoms with Crippen molar-refractivity contribution in [2.75, 3.05) is 0 Å². The fraction of sp³-hybridized carbons (Fsp3) is 0.444. The minimum absolute atomic E-state index is 0.0145. The van der Waals surface area contributed by atoms with Gasteiger partial charge in [-0.25, -0.2) is 0 Å². The van der Waals surface area contributed by atoms with Crippen LogP contribution in [0.3, 0.4) is 0 Å². The molecule has 0 spiro atoms. The first-order valence-corrected chi connectivity index (χ1v) is 9.29. The van der Waals surface area contributed by atoms with Crippen molar-refractivity contribution >= 4 is 27.5 Å². The van der Waals surface area contributed by atoms with E-state index in [1.54, 1.807) is 6.20 Å². The maximum absolute atomic E-state index is 13.0. The van der Waals surface area contributed by atoms with Crippen molar-refractivity contribution in [2.24, 2.45) is 5.92 Å². The summed E-state index contributed by atoms with van der Waals surface area (Å²) in [7, 11) is -0.725. The molecule has 2 bridgehead atoms. The van der Waals surface area contributed by atoms with Crippen LogP contribution in [0.15, 0.2) is 36.5 Å². The fourth-order valence-corrected chi connectivity index (χ4v) is 6.16. The summed E-state index contributed by atoms with van der Waals surface area (Å²) in [6, 6.07) is 9.69. The van der Waals surface area contributed by atoms with Gasteiger partial charge in [-0.05, 0) is 37.8 Å². The summed E-state index contributed by atoms with van der Waals surface area (Å²) in [5.74, 6) is 0.207. The largest absolute Gasteiger partial charge is 0.294 e. The molecule has 2 aliphatic rings. The summed E-state index contributed by atoms with van der Waals surface area (Å²) in [6.45, 7) is 0. The van der Waals surface area contributed by atoms with Crippen LogP contribution in [0.2, 0.25) is 0 Å². The highest BCUT2D eigenvalue weighted by Gasteiger charge is 2.40. The number of hydrogen-bond acceptors (Lipinski definition) is 3. The first-order valence-electron chi connectivity index (χ1n) is 8.01. The normalized spacial score (nSPS) is 31.1.